The van der Waals surface area contributed by atoms with Gasteiger partial charge in [-0.3, -0.25) is 4.90 Å². The van der Waals surface area contributed by atoms with Gasteiger partial charge in [-0.15, -0.1) is 0 Å². The van der Waals surface area contributed by atoms with Gasteiger partial charge in [-0.05, 0) is 117 Å². The summed E-state index contributed by atoms with van der Waals surface area (Å²) < 4.78 is 5.21. The quantitative estimate of drug-likeness (QED) is 0.294. The molecule has 0 radical (unpaired) electrons. The zero-order valence-electron chi connectivity index (χ0n) is 32.8. The van der Waals surface area contributed by atoms with E-state index in [1.807, 2.05) is 0 Å². The van der Waals surface area contributed by atoms with Crippen LogP contribution < -0.4 is 0 Å². The number of morpholine rings is 1. The monoisotopic (exact) mass is 652 g/mol. The number of nitrogens with zero attached hydrogens (tertiary/aromatic N) is 3. The van der Waals surface area contributed by atoms with E-state index < -0.39 is 0 Å². The Hall–Kier alpha value is -0.160. The summed E-state index contributed by atoms with van der Waals surface area (Å²) in [6.07, 6.45) is 23.5. The van der Waals surface area contributed by atoms with E-state index in [1.165, 1.54) is 129 Å². The molecule has 278 valence electrons. The van der Waals surface area contributed by atoms with Gasteiger partial charge in [0.1, 0.15) is 0 Å². The molecule has 5 rings (SSSR count). The number of hydrogen-bond acceptors (Lipinski definition) is 4. The van der Waals surface area contributed by atoms with E-state index in [9.17, 15) is 0 Å². The van der Waals surface area contributed by atoms with Crippen LogP contribution in [0.1, 0.15) is 179 Å². The summed E-state index contributed by atoms with van der Waals surface area (Å²) in [5.41, 5.74) is 0. The summed E-state index contributed by atoms with van der Waals surface area (Å²) in [4.78, 5) is 7.55. The van der Waals surface area contributed by atoms with Gasteiger partial charge in [-0.2, -0.15) is 0 Å². The standard InChI is InChI=1S/2C9H18.2C8H17N.C7H15NO.CH4/c4*1-8(2)9-6-4-3-5-7-9;1-7(2)8-3-5-9-6-4-8;/h2*8-9H,3-7H2,1-2H3;2*8H,3-7H2,1-2H3;7H,3-6H2,1-2H3;1H4. The lowest BCUT2D eigenvalue weighted by Crippen LogP contribution is -2.40. The maximum atomic E-state index is 5.21. The summed E-state index contributed by atoms with van der Waals surface area (Å²) in [7, 11) is 0. The minimum atomic E-state index is 0. The molecule has 5 aliphatic rings. The van der Waals surface area contributed by atoms with Gasteiger partial charge in [0.25, 0.3) is 0 Å². The van der Waals surface area contributed by atoms with Gasteiger partial charge in [0.05, 0.1) is 13.2 Å². The third-order valence-electron chi connectivity index (χ3n) is 11.2. The van der Waals surface area contributed by atoms with Crippen LogP contribution in [0.15, 0.2) is 0 Å². The molecule has 0 amide bonds. The van der Waals surface area contributed by atoms with E-state index in [0.29, 0.717) is 6.04 Å². The SMILES string of the molecule is C.CC(C)C1CCCCC1.CC(C)C1CCCCC1.CC(C)N1CCCCC1.CC(C)N1CCCCC1.CC(C)N1CCOCC1. The molecule has 4 nitrogen and oxygen atoms in total. The van der Waals surface area contributed by atoms with Crippen LogP contribution in [0, 0.1) is 23.7 Å². The normalized spacial score (nSPS) is 22.5. The summed E-state index contributed by atoms with van der Waals surface area (Å²) in [6, 6.07) is 2.23. The number of hydrogen-bond donors (Lipinski definition) is 0. The van der Waals surface area contributed by atoms with Crippen molar-refractivity contribution < 1.29 is 4.74 Å². The van der Waals surface area contributed by atoms with Crippen molar-refractivity contribution in [3.63, 3.8) is 0 Å². The molecule has 3 heterocycles. The number of rotatable bonds is 5. The van der Waals surface area contributed by atoms with E-state index in [1.54, 1.807) is 0 Å². The van der Waals surface area contributed by atoms with Crippen molar-refractivity contribution in [2.24, 2.45) is 23.7 Å². The van der Waals surface area contributed by atoms with Gasteiger partial charge in [-0.25, -0.2) is 0 Å². The largest absolute Gasteiger partial charge is 0.379 e. The Bertz CT molecular complexity index is 491. The van der Waals surface area contributed by atoms with Gasteiger partial charge >= 0.3 is 0 Å². The second-order valence-electron chi connectivity index (χ2n) is 16.4. The molecule has 0 aromatic heterocycles. The Balaban J connectivity index is 0.000000547. The van der Waals surface area contributed by atoms with Gasteiger partial charge in [0.2, 0.25) is 0 Å². The molecule has 0 spiro atoms. The summed E-state index contributed by atoms with van der Waals surface area (Å²) in [5.74, 6) is 3.98. The molecule has 0 aromatic carbocycles. The van der Waals surface area contributed by atoms with Crippen LogP contribution in [-0.2, 0) is 4.74 Å². The molecule has 0 N–H and O–H groups in total. The molecule has 5 fully saturated rings. The van der Waals surface area contributed by atoms with Gasteiger partial charge in [-0.1, -0.05) is 112 Å². The molecule has 0 bridgehead atoms. The smallest absolute Gasteiger partial charge is 0.0594 e. The second kappa shape index (κ2) is 28.7. The van der Waals surface area contributed by atoms with Gasteiger partial charge in [0, 0.05) is 31.2 Å². The van der Waals surface area contributed by atoms with E-state index in [4.69, 9.17) is 4.74 Å². The average molecular weight is 652 g/mol. The highest BCUT2D eigenvalue weighted by atomic mass is 16.5. The zero-order valence-corrected chi connectivity index (χ0v) is 32.8. The van der Waals surface area contributed by atoms with Crippen LogP contribution in [0.5, 0.6) is 0 Å². The summed E-state index contributed by atoms with van der Waals surface area (Å²) >= 11 is 0. The molecular weight excluding hydrogens is 562 g/mol. The van der Waals surface area contributed by atoms with Crippen LogP contribution in [0.25, 0.3) is 0 Å². The number of ether oxygens (including phenoxy) is 1. The van der Waals surface area contributed by atoms with E-state index in [2.05, 4.69) is 83.9 Å². The van der Waals surface area contributed by atoms with Crippen molar-refractivity contribution in [2.45, 2.75) is 198 Å². The first kappa shape index (κ1) is 45.8. The zero-order chi connectivity index (χ0) is 33.5. The van der Waals surface area contributed by atoms with Crippen LogP contribution >= 0.6 is 0 Å². The Morgan fingerprint density at radius 3 is 0.826 bits per heavy atom. The van der Waals surface area contributed by atoms with E-state index >= 15 is 0 Å². The van der Waals surface area contributed by atoms with Crippen LogP contribution in [-0.4, -0.2) is 85.3 Å². The lowest BCUT2D eigenvalue weighted by Gasteiger charge is -2.29. The first-order valence-electron chi connectivity index (χ1n) is 20.3. The molecule has 3 saturated heterocycles. The molecule has 0 unspecified atom stereocenters. The van der Waals surface area contributed by atoms with Crippen LogP contribution in [0.2, 0.25) is 0 Å². The highest BCUT2D eigenvalue weighted by Gasteiger charge is 2.17. The molecule has 2 saturated carbocycles. The molecule has 46 heavy (non-hydrogen) atoms. The average Bonchev–Trinajstić information content (AvgIpc) is 3.08. The summed E-state index contributed by atoms with van der Waals surface area (Å²) in [6.45, 7) is 32.4. The van der Waals surface area contributed by atoms with E-state index in [-0.39, 0.29) is 7.43 Å². The first-order chi connectivity index (χ1) is 21.5. The molecule has 3 aliphatic heterocycles. The fourth-order valence-corrected chi connectivity index (χ4v) is 7.57. The Kier molecular flexibility index (Phi) is 28.6. The predicted molar refractivity (Wildman–Crippen MR) is 208 cm³/mol. The van der Waals surface area contributed by atoms with Crippen molar-refractivity contribution in [1.29, 1.82) is 0 Å². The Morgan fingerprint density at radius 1 is 0.370 bits per heavy atom. The van der Waals surface area contributed by atoms with Crippen molar-refractivity contribution in [3.8, 4) is 0 Å². The first-order valence-corrected chi connectivity index (χ1v) is 20.3. The number of piperidine rings is 2. The third-order valence-corrected chi connectivity index (χ3v) is 11.2. The minimum absolute atomic E-state index is 0. The Labute approximate surface area is 292 Å². The third kappa shape index (κ3) is 22.5. The van der Waals surface area contributed by atoms with Crippen molar-refractivity contribution in [2.75, 3.05) is 52.5 Å². The van der Waals surface area contributed by atoms with Crippen molar-refractivity contribution in [1.82, 2.24) is 14.7 Å². The lowest BCUT2D eigenvalue weighted by atomic mass is 9.82. The lowest BCUT2D eigenvalue weighted by molar-refractivity contribution is 0.0238. The second-order valence-corrected chi connectivity index (χ2v) is 16.4. The van der Waals surface area contributed by atoms with Crippen LogP contribution in [0.4, 0.5) is 0 Å². The Morgan fingerprint density at radius 2 is 0.630 bits per heavy atom. The fraction of sp³-hybridized carbons (Fsp3) is 1.00. The fourth-order valence-electron chi connectivity index (χ4n) is 7.57. The van der Waals surface area contributed by atoms with Crippen molar-refractivity contribution in [3.05, 3.63) is 0 Å². The van der Waals surface area contributed by atoms with Crippen molar-refractivity contribution >= 4 is 0 Å². The molecule has 0 atom stereocenters. The highest BCUT2D eigenvalue weighted by molar-refractivity contribution is 4.70. The highest BCUT2D eigenvalue weighted by Crippen LogP contribution is 2.30. The maximum Gasteiger partial charge on any atom is 0.0594 e. The van der Waals surface area contributed by atoms with Gasteiger partial charge < -0.3 is 14.5 Å². The molecular formula is C42H89N3O. The molecule has 2 aliphatic carbocycles. The van der Waals surface area contributed by atoms with Gasteiger partial charge in [0.15, 0.2) is 0 Å². The van der Waals surface area contributed by atoms with Crippen LogP contribution in [0.3, 0.4) is 0 Å². The molecule has 4 heteroatoms. The van der Waals surface area contributed by atoms with E-state index in [0.717, 1.165) is 62.1 Å². The topological polar surface area (TPSA) is 19.0 Å². The number of likely N-dealkylation sites (tertiary alicyclic amines) is 2. The summed E-state index contributed by atoms with van der Waals surface area (Å²) in [5, 5.41) is 0. The predicted octanol–water partition coefficient (Wildman–Crippen LogP) is 11.6. The maximum absolute atomic E-state index is 5.21. The minimum Gasteiger partial charge on any atom is -0.379 e. The molecule has 0 aromatic rings.